The van der Waals surface area contributed by atoms with Crippen LogP contribution >= 0.6 is 0 Å². The first-order valence-electron chi connectivity index (χ1n) is 6.31. The average Bonchev–Trinajstić information content (AvgIpc) is 2.63. The second-order valence-corrected chi connectivity index (χ2v) is 4.42. The minimum absolute atomic E-state index is 0.199. The molecule has 1 aromatic heterocycles. The summed E-state index contributed by atoms with van der Waals surface area (Å²) in [5, 5.41) is 0. The molecule has 0 radical (unpaired) electrons. The first-order valence-corrected chi connectivity index (χ1v) is 6.31. The minimum Gasteiger partial charge on any atom is -0.494 e. The summed E-state index contributed by atoms with van der Waals surface area (Å²) >= 11 is 0. The zero-order valence-corrected chi connectivity index (χ0v) is 11.5. The number of para-hydroxylation sites is 2. The summed E-state index contributed by atoms with van der Waals surface area (Å²) in [6, 6.07) is 7.40. The van der Waals surface area contributed by atoms with Crippen LogP contribution in [0, 0.1) is 0 Å². The fraction of sp³-hybridized carbons (Fsp3) is 0.357. The number of hydrogen-bond donors (Lipinski definition) is 1. The first-order chi connectivity index (χ1) is 9.11. The van der Waals surface area contributed by atoms with E-state index in [0.29, 0.717) is 17.1 Å². The van der Waals surface area contributed by atoms with Gasteiger partial charge in [-0.3, -0.25) is 9.48 Å². The van der Waals surface area contributed by atoms with Crippen LogP contribution in [-0.2, 0) is 13.5 Å². The van der Waals surface area contributed by atoms with Crippen LogP contribution in [0.4, 0.5) is 5.69 Å². The van der Waals surface area contributed by atoms with Crippen molar-refractivity contribution in [3.63, 3.8) is 0 Å². The fourth-order valence-corrected chi connectivity index (χ4v) is 2.28. The molecule has 0 unspecified atom stereocenters. The summed E-state index contributed by atoms with van der Waals surface area (Å²) in [5.74, 6) is 0.647. The molecule has 0 aliphatic heterocycles. The highest BCUT2D eigenvalue weighted by atomic mass is 16.5. The molecule has 0 spiro atoms. The van der Waals surface area contributed by atoms with E-state index in [0.717, 1.165) is 18.5 Å². The van der Waals surface area contributed by atoms with Gasteiger partial charge in [0.05, 0.1) is 12.8 Å². The second kappa shape index (κ2) is 5.22. The molecule has 0 fully saturated rings. The van der Waals surface area contributed by atoms with Gasteiger partial charge in [-0.05, 0) is 18.6 Å². The van der Waals surface area contributed by atoms with Crippen LogP contribution in [-0.4, -0.2) is 16.5 Å². The number of methoxy groups -OCH3 is 1. The fourth-order valence-electron chi connectivity index (χ4n) is 2.28. The predicted molar refractivity (Wildman–Crippen MR) is 76.0 cm³/mol. The molecule has 2 N–H and O–H groups in total. The molecule has 5 heteroatoms. The second-order valence-electron chi connectivity index (χ2n) is 4.42. The van der Waals surface area contributed by atoms with E-state index in [1.165, 1.54) is 0 Å². The number of nitrogen functional groups attached to an aromatic ring is 1. The van der Waals surface area contributed by atoms with E-state index < -0.39 is 0 Å². The summed E-state index contributed by atoms with van der Waals surface area (Å²) in [4.78, 5) is 12.3. The molecule has 0 saturated heterocycles. The Balaban J connectivity index is 2.70. The third-order valence-corrected chi connectivity index (χ3v) is 3.22. The average molecular weight is 261 g/mol. The highest BCUT2D eigenvalue weighted by molar-refractivity contribution is 5.50. The first kappa shape index (κ1) is 13.3. The Morgan fingerprint density at radius 3 is 2.63 bits per heavy atom. The number of anilines is 1. The van der Waals surface area contributed by atoms with Gasteiger partial charge in [0.25, 0.3) is 5.56 Å². The number of ether oxygens (including phenoxy) is 1. The Morgan fingerprint density at radius 1 is 1.32 bits per heavy atom. The molecule has 0 aliphatic carbocycles. The van der Waals surface area contributed by atoms with Gasteiger partial charge < -0.3 is 10.5 Å². The number of hydrogen-bond acceptors (Lipinski definition) is 3. The van der Waals surface area contributed by atoms with Gasteiger partial charge in [0.15, 0.2) is 0 Å². The van der Waals surface area contributed by atoms with Gasteiger partial charge in [0.1, 0.15) is 17.1 Å². The van der Waals surface area contributed by atoms with Gasteiger partial charge in [0.2, 0.25) is 0 Å². The van der Waals surface area contributed by atoms with Crippen LogP contribution in [0.2, 0.25) is 0 Å². The Hall–Kier alpha value is -2.17. The van der Waals surface area contributed by atoms with E-state index >= 15 is 0 Å². The third-order valence-electron chi connectivity index (χ3n) is 3.22. The Kier molecular flexibility index (Phi) is 3.64. The molecule has 102 valence electrons. The van der Waals surface area contributed by atoms with E-state index in [2.05, 4.69) is 6.92 Å². The zero-order valence-electron chi connectivity index (χ0n) is 11.5. The number of rotatable bonds is 4. The molecule has 0 amide bonds. The van der Waals surface area contributed by atoms with Crippen molar-refractivity contribution in [3.05, 3.63) is 40.3 Å². The molecule has 19 heavy (non-hydrogen) atoms. The quantitative estimate of drug-likeness (QED) is 0.911. The van der Waals surface area contributed by atoms with Gasteiger partial charge in [-0.15, -0.1) is 0 Å². The molecule has 0 atom stereocenters. The van der Waals surface area contributed by atoms with Crippen molar-refractivity contribution < 1.29 is 4.74 Å². The van der Waals surface area contributed by atoms with Crippen LogP contribution in [0.3, 0.4) is 0 Å². The van der Waals surface area contributed by atoms with Crippen molar-refractivity contribution in [2.75, 3.05) is 12.8 Å². The van der Waals surface area contributed by atoms with E-state index in [9.17, 15) is 4.79 Å². The van der Waals surface area contributed by atoms with Gasteiger partial charge >= 0.3 is 0 Å². The van der Waals surface area contributed by atoms with Crippen LogP contribution < -0.4 is 16.0 Å². The van der Waals surface area contributed by atoms with Crippen molar-refractivity contribution in [1.82, 2.24) is 9.36 Å². The maximum atomic E-state index is 12.3. The van der Waals surface area contributed by atoms with E-state index in [4.69, 9.17) is 10.5 Å². The molecule has 0 bridgehead atoms. The topological polar surface area (TPSA) is 62.2 Å². The Bertz CT molecular complexity index is 641. The zero-order chi connectivity index (χ0) is 14.0. The van der Waals surface area contributed by atoms with Crippen LogP contribution in [0.1, 0.15) is 19.0 Å². The number of aromatic nitrogens is 2. The monoisotopic (exact) mass is 261 g/mol. The van der Waals surface area contributed by atoms with Crippen molar-refractivity contribution in [3.8, 4) is 11.4 Å². The number of benzene rings is 1. The van der Waals surface area contributed by atoms with Crippen molar-refractivity contribution in [2.24, 2.45) is 7.05 Å². The maximum Gasteiger partial charge on any atom is 0.294 e. The summed E-state index contributed by atoms with van der Waals surface area (Å²) in [5.41, 5.74) is 7.60. The predicted octanol–water partition coefficient (Wildman–Crippen LogP) is 1.72. The van der Waals surface area contributed by atoms with Gasteiger partial charge in [-0.1, -0.05) is 25.5 Å². The molecule has 1 heterocycles. The number of nitrogens with two attached hydrogens (primary N) is 1. The van der Waals surface area contributed by atoms with Crippen LogP contribution in [0.5, 0.6) is 5.75 Å². The highest BCUT2D eigenvalue weighted by Gasteiger charge is 2.17. The summed E-state index contributed by atoms with van der Waals surface area (Å²) < 4.78 is 8.66. The van der Waals surface area contributed by atoms with Crippen LogP contribution in [0.15, 0.2) is 29.1 Å². The van der Waals surface area contributed by atoms with E-state index in [1.807, 2.05) is 31.3 Å². The summed E-state index contributed by atoms with van der Waals surface area (Å²) in [7, 11) is 3.43. The Morgan fingerprint density at radius 2 is 2.00 bits per heavy atom. The van der Waals surface area contributed by atoms with Gasteiger partial charge in [0, 0.05) is 7.05 Å². The Labute approximate surface area is 112 Å². The highest BCUT2D eigenvalue weighted by Crippen LogP contribution is 2.22. The largest absolute Gasteiger partial charge is 0.494 e. The van der Waals surface area contributed by atoms with Crippen molar-refractivity contribution >= 4 is 5.69 Å². The molecule has 1 aromatic carbocycles. The lowest BCUT2D eigenvalue weighted by atomic mass is 10.2. The molecular formula is C14H19N3O2. The van der Waals surface area contributed by atoms with Crippen LogP contribution in [0.25, 0.3) is 5.69 Å². The maximum absolute atomic E-state index is 12.3. The summed E-state index contributed by atoms with van der Waals surface area (Å²) in [6.45, 7) is 2.06. The lowest BCUT2D eigenvalue weighted by Gasteiger charge is -2.12. The van der Waals surface area contributed by atoms with E-state index in [1.54, 1.807) is 16.5 Å². The van der Waals surface area contributed by atoms with Crippen molar-refractivity contribution in [2.45, 2.75) is 19.8 Å². The van der Waals surface area contributed by atoms with Gasteiger partial charge in [-0.25, -0.2) is 4.68 Å². The normalized spacial score (nSPS) is 10.7. The molecule has 0 saturated carbocycles. The lowest BCUT2D eigenvalue weighted by Crippen LogP contribution is -2.21. The molecule has 2 rings (SSSR count). The molecule has 5 nitrogen and oxygen atoms in total. The van der Waals surface area contributed by atoms with Gasteiger partial charge in [-0.2, -0.15) is 0 Å². The molecule has 2 aromatic rings. The van der Waals surface area contributed by atoms with Crippen molar-refractivity contribution in [1.29, 1.82) is 0 Å². The standard InChI is InChI=1S/C14H19N3O2/c1-4-7-11-13(15)14(18)17(16(11)2)10-8-5-6-9-12(10)19-3/h5-6,8-9H,4,7,15H2,1-3H3. The lowest BCUT2D eigenvalue weighted by molar-refractivity contribution is 0.408. The summed E-state index contributed by atoms with van der Waals surface area (Å²) in [6.07, 6.45) is 1.72. The SMILES string of the molecule is CCCc1c(N)c(=O)n(-c2ccccc2OC)n1C. The smallest absolute Gasteiger partial charge is 0.294 e. The third kappa shape index (κ3) is 2.12. The molecular weight excluding hydrogens is 242 g/mol. The minimum atomic E-state index is -0.199. The van der Waals surface area contributed by atoms with E-state index in [-0.39, 0.29) is 5.56 Å². The number of nitrogens with zero attached hydrogens (tertiary/aromatic N) is 2. The molecule has 0 aliphatic rings.